The van der Waals surface area contributed by atoms with Gasteiger partial charge in [-0.25, -0.2) is 9.37 Å². The van der Waals surface area contributed by atoms with Crippen molar-refractivity contribution in [3.8, 4) is 28.1 Å². The van der Waals surface area contributed by atoms with Gasteiger partial charge in [-0.3, -0.25) is 14.5 Å². The number of thiophene rings is 1. The minimum atomic E-state index is -0.442. The number of carbonyl (C=O) groups is 1. The van der Waals surface area contributed by atoms with Crippen LogP contribution < -0.4 is 10.5 Å². The summed E-state index contributed by atoms with van der Waals surface area (Å²) in [6.07, 6.45) is 6.52. The first-order valence-electron chi connectivity index (χ1n) is 13.3. The number of ether oxygens (including phenoxy) is 2. The molecule has 0 aliphatic carbocycles. The average Bonchev–Trinajstić information content (AvgIpc) is 3.67. The summed E-state index contributed by atoms with van der Waals surface area (Å²) in [5.74, 6) is -0.290. The van der Waals surface area contributed by atoms with Crippen LogP contribution in [0.25, 0.3) is 38.2 Å². The lowest BCUT2D eigenvalue weighted by Gasteiger charge is -2.24. The highest BCUT2D eigenvalue weighted by Gasteiger charge is 2.24. The van der Waals surface area contributed by atoms with Crippen LogP contribution in [0.3, 0.4) is 0 Å². The number of pyridine rings is 1. The van der Waals surface area contributed by atoms with Crippen molar-refractivity contribution in [1.82, 2.24) is 19.7 Å². The Balaban J connectivity index is 1.71. The van der Waals surface area contributed by atoms with Crippen LogP contribution in [0.2, 0.25) is 0 Å². The number of hydrogen-bond donors (Lipinski definition) is 2. The Morgan fingerprint density at radius 3 is 2.95 bits per heavy atom. The zero-order valence-electron chi connectivity index (χ0n) is 23.1. The number of nitrogens with zero attached hydrogens (tertiary/aromatic N) is 5. The second-order valence-corrected chi connectivity index (χ2v) is 10.4. The van der Waals surface area contributed by atoms with Crippen LogP contribution in [-0.4, -0.2) is 83.0 Å². The van der Waals surface area contributed by atoms with Gasteiger partial charge in [-0.05, 0) is 35.7 Å². The molecule has 4 aromatic rings. The highest BCUT2D eigenvalue weighted by Crippen LogP contribution is 2.44. The number of hydrogen-bond acceptors (Lipinski definition) is 9. The largest absolute Gasteiger partial charge is 0.490 e. The molecule has 42 heavy (non-hydrogen) atoms. The maximum Gasteiger partial charge on any atom is 0.246 e. The molecule has 3 aromatic heterocycles. The Kier molecular flexibility index (Phi) is 9.06. The van der Waals surface area contributed by atoms with Crippen LogP contribution in [0.1, 0.15) is 5.69 Å². The summed E-state index contributed by atoms with van der Waals surface area (Å²) in [5.41, 5.74) is 10.9. The summed E-state index contributed by atoms with van der Waals surface area (Å²) >= 11 is 1.50. The van der Waals surface area contributed by atoms with Crippen LogP contribution in [-0.2, 0) is 16.1 Å². The van der Waals surface area contributed by atoms with Crippen LogP contribution in [0.15, 0.2) is 65.8 Å². The van der Waals surface area contributed by atoms with E-state index in [1.807, 2.05) is 17.6 Å². The van der Waals surface area contributed by atoms with Crippen molar-refractivity contribution in [2.75, 3.05) is 46.6 Å². The maximum atomic E-state index is 14.4. The molecule has 1 aromatic carbocycles. The molecule has 0 atom stereocenters. The SMILES string of the molecule is C=CC(=O)N1CCN=C(/C=C(\N)c2nc(-c3cnn(CCO)c3)c3ccsc3c2-c2ccc(F)cc2OCCOC)C1. The van der Waals surface area contributed by atoms with E-state index in [-0.39, 0.29) is 25.7 Å². The van der Waals surface area contributed by atoms with E-state index >= 15 is 0 Å². The smallest absolute Gasteiger partial charge is 0.246 e. The van der Waals surface area contributed by atoms with Gasteiger partial charge in [-0.2, -0.15) is 5.10 Å². The average molecular weight is 591 g/mol. The number of rotatable bonds is 11. The number of aliphatic hydroxyl groups is 1. The molecular formula is C30H31FN6O4S. The van der Waals surface area contributed by atoms with Gasteiger partial charge in [-0.1, -0.05) is 6.58 Å². The number of fused-ring (bicyclic) bond motifs is 1. The number of aliphatic hydroxyl groups excluding tert-OH is 1. The van der Waals surface area contributed by atoms with Gasteiger partial charge in [0.15, 0.2) is 0 Å². The monoisotopic (exact) mass is 590 g/mol. The Labute approximate surface area is 246 Å². The Hall–Kier alpha value is -4.39. The second-order valence-electron chi connectivity index (χ2n) is 9.48. The van der Waals surface area contributed by atoms with Crippen molar-refractivity contribution in [2.24, 2.45) is 10.7 Å². The normalized spacial score (nSPS) is 13.8. The highest BCUT2D eigenvalue weighted by atomic mass is 32.1. The summed E-state index contributed by atoms with van der Waals surface area (Å²) in [4.78, 5) is 23.6. The zero-order valence-corrected chi connectivity index (χ0v) is 23.9. The zero-order chi connectivity index (χ0) is 29.6. The minimum absolute atomic E-state index is 0.0494. The van der Waals surface area contributed by atoms with E-state index in [0.717, 1.165) is 15.6 Å². The number of amides is 1. The van der Waals surface area contributed by atoms with Crippen molar-refractivity contribution < 1.29 is 23.8 Å². The molecule has 1 aliphatic rings. The molecule has 3 N–H and O–H groups in total. The van der Waals surface area contributed by atoms with Gasteiger partial charge in [0.25, 0.3) is 0 Å². The molecule has 5 rings (SSSR count). The quantitative estimate of drug-likeness (QED) is 0.201. The van der Waals surface area contributed by atoms with Crippen molar-refractivity contribution in [3.63, 3.8) is 0 Å². The van der Waals surface area contributed by atoms with E-state index < -0.39 is 5.82 Å². The van der Waals surface area contributed by atoms with Crippen LogP contribution in [0, 0.1) is 5.82 Å². The predicted octanol–water partition coefficient (Wildman–Crippen LogP) is 3.75. The van der Waals surface area contributed by atoms with Gasteiger partial charge in [0, 0.05) is 52.7 Å². The molecule has 0 bridgehead atoms. The van der Waals surface area contributed by atoms with E-state index in [9.17, 15) is 14.3 Å². The topological polar surface area (TPSA) is 128 Å². The molecule has 1 aliphatic heterocycles. The molecule has 12 heteroatoms. The van der Waals surface area contributed by atoms with Crippen LogP contribution >= 0.6 is 11.3 Å². The van der Waals surface area contributed by atoms with Gasteiger partial charge in [0.2, 0.25) is 5.91 Å². The third-order valence-electron chi connectivity index (χ3n) is 6.72. The molecule has 0 fully saturated rings. The molecule has 0 saturated carbocycles. The number of halogens is 1. The van der Waals surface area contributed by atoms with E-state index in [1.165, 1.54) is 29.5 Å². The fourth-order valence-electron chi connectivity index (χ4n) is 4.77. The van der Waals surface area contributed by atoms with Crippen LogP contribution in [0.5, 0.6) is 5.75 Å². The lowest BCUT2D eigenvalue weighted by molar-refractivity contribution is -0.125. The maximum absolute atomic E-state index is 14.4. The minimum Gasteiger partial charge on any atom is -0.490 e. The molecule has 0 spiro atoms. The Bertz CT molecular complexity index is 1680. The second kappa shape index (κ2) is 13.1. The summed E-state index contributed by atoms with van der Waals surface area (Å²) in [5, 5.41) is 16.6. The molecule has 218 valence electrons. The molecule has 0 radical (unpaired) electrons. The molecular weight excluding hydrogens is 559 g/mol. The highest BCUT2D eigenvalue weighted by molar-refractivity contribution is 7.17. The number of nitrogens with two attached hydrogens (primary N) is 1. The van der Waals surface area contributed by atoms with Crippen LogP contribution in [0.4, 0.5) is 4.39 Å². The molecule has 1 amide bonds. The van der Waals surface area contributed by atoms with Crippen molar-refractivity contribution >= 4 is 38.7 Å². The number of carbonyl (C=O) groups excluding carboxylic acids is 1. The van der Waals surface area contributed by atoms with Gasteiger partial charge in [0.1, 0.15) is 18.2 Å². The summed E-state index contributed by atoms with van der Waals surface area (Å²) in [6.45, 7) is 5.64. The molecule has 0 saturated heterocycles. The third-order valence-corrected chi connectivity index (χ3v) is 7.65. The van der Waals surface area contributed by atoms with Gasteiger partial charge < -0.3 is 25.2 Å². The number of aromatic nitrogens is 3. The van der Waals surface area contributed by atoms with Gasteiger partial charge >= 0.3 is 0 Å². The predicted molar refractivity (Wildman–Crippen MR) is 162 cm³/mol. The third kappa shape index (κ3) is 6.10. The fraction of sp³-hybridized carbons (Fsp3) is 0.267. The Morgan fingerprint density at radius 1 is 1.31 bits per heavy atom. The van der Waals surface area contributed by atoms with E-state index in [4.69, 9.17) is 20.2 Å². The fourth-order valence-corrected chi connectivity index (χ4v) is 5.72. The Morgan fingerprint density at radius 2 is 2.17 bits per heavy atom. The lowest BCUT2D eigenvalue weighted by atomic mass is 9.97. The summed E-state index contributed by atoms with van der Waals surface area (Å²) in [7, 11) is 1.57. The molecule has 10 nitrogen and oxygen atoms in total. The molecule has 4 heterocycles. The lowest BCUT2D eigenvalue weighted by Crippen LogP contribution is -2.39. The number of methoxy groups -OCH3 is 1. The van der Waals surface area contributed by atoms with Gasteiger partial charge in [0.05, 0.1) is 61.8 Å². The van der Waals surface area contributed by atoms with E-state index in [1.54, 1.807) is 35.0 Å². The van der Waals surface area contributed by atoms with Crippen molar-refractivity contribution in [3.05, 3.63) is 72.3 Å². The molecule has 0 unspecified atom stereocenters. The first-order valence-corrected chi connectivity index (χ1v) is 14.2. The van der Waals surface area contributed by atoms with E-state index in [2.05, 4.69) is 16.7 Å². The summed E-state index contributed by atoms with van der Waals surface area (Å²) in [6, 6.07) is 6.34. The standard InChI is InChI=1S/C30H31FN6O4S/c1-3-26(39)36-8-7-33-21(18-36)15-24(32)29-27(22-5-4-20(31)14-25(22)41-12-11-40-2)30-23(6-13-42-30)28(35-29)19-16-34-37(17-19)9-10-38/h3-6,13-17,38H,1,7-12,18,32H2,2H3/b24-15-. The number of benzene rings is 1. The number of aliphatic imine (C=N–C) groups is 1. The first kappa shape index (κ1) is 29.1. The van der Waals surface area contributed by atoms with E-state index in [0.29, 0.717) is 65.9 Å². The first-order chi connectivity index (χ1) is 20.4. The summed E-state index contributed by atoms with van der Waals surface area (Å²) < 4.78 is 28.0. The van der Waals surface area contributed by atoms with Crippen molar-refractivity contribution in [1.29, 1.82) is 0 Å². The van der Waals surface area contributed by atoms with Gasteiger partial charge in [-0.15, -0.1) is 11.3 Å². The van der Waals surface area contributed by atoms with Crippen molar-refractivity contribution in [2.45, 2.75) is 6.54 Å².